The van der Waals surface area contributed by atoms with Gasteiger partial charge in [-0.05, 0) is 37.1 Å². The molecule has 1 saturated carbocycles. The van der Waals surface area contributed by atoms with Crippen LogP contribution >= 0.6 is 0 Å². The van der Waals surface area contributed by atoms with Gasteiger partial charge < -0.3 is 4.42 Å². The molecule has 1 fully saturated rings. The molecule has 0 aliphatic heterocycles. The van der Waals surface area contributed by atoms with E-state index in [0.29, 0.717) is 0 Å². The monoisotopic (exact) mass is 376 g/mol. The Morgan fingerprint density at radius 1 is 1.00 bits per heavy atom. The van der Waals surface area contributed by atoms with Crippen LogP contribution < -0.4 is 10.9 Å². The van der Waals surface area contributed by atoms with Crippen LogP contribution in [-0.4, -0.2) is 20.2 Å². The predicted molar refractivity (Wildman–Crippen MR) is 93.6 cm³/mol. The summed E-state index contributed by atoms with van der Waals surface area (Å²) in [4.78, 5) is 24.1. The van der Waals surface area contributed by atoms with Crippen molar-refractivity contribution in [2.24, 2.45) is 5.92 Å². The highest BCUT2D eigenvalue weighted by Gasteiger charge is 2.24. The summed E-state index contributed by atoms with van der Waals surface area (Å²) in [5.41, 5.74) is 4.69. The molecule has 0 bridgehead atoms. The van der Waals surface area contributed by atoms with Crippen molar-refractivity contribution in [3.05, 3.63) is 54.0 Å². The van der Waals surface area contributed by atoms with Crippen molar-refractivity contribution in [1.29, 1.82) is 0 Å². The smallest absolute Gasteiger partial charge is 0.305 e. The van der Waals surface area contributed by atoms with Gasteiger partial charge in [0.15, 0.2) is 15.6 Å². The SMILES string of the molecule is O=C(NNC(=O)C1CCCC1)c1ccc(CS(=O)(=O)c2ccccc2)o1. The van der Waals surface area contributed by atoms with Crippen LogP contribution in [0.25, 0.3) is 0 Å². The molecule has 2 aromatic rings. The van der Waals surface area contributed by atoms with E-state index < -0.39 is 15.7 Å². The number of carbonyl (C=O) groups is 2. The molecule has 26 heavy (non-hydrogen) atoms. The summed E-state index contributed by atoms with van der Waals surface area (Å²) >= 11 is 0. The number of amides is 2. The van der Waals surface area contributed by atoms with E-state index in [2.05, 4.69) is 10.9 Å². The van der Waals surface area contributed by atoms with Crippen molar-refractivity contribution in [2.75, 3.05) is 0 Å². The first-order valence-electron chi connectivity index (χ1n) is 8.42. The van der Waals surface area contributed by atoms with E-state index in [9.17, 15) is 18.0 Å². The number of nitrogens with one attached hydrogen (secondary N) is 2. The first-order chi connectivity index (χ1) is 12.5. The highest BCUT2D eigenvalue weighted by Crippen LogP contribution is 2.24. The minimum absolute atomic E-state index is 0.0602. The summed E-state index contributed by atoms with van der Waals surface area (Å²) in [6, 6.07) is 10.8. The fraction of sp³-hybridized carbons (Fsp3) is 0.333. The van der Waals surface area contributed by atoms with Crippen molar-refractivity contribution >= 4 is 21.7 Å². The molecule has 8 heteroatoms. The molecule has 0 atom stereocenters. The van der Waals surface area contributed by atoms with Crippen molar-refractivity contribution in [2.45, 2.75) is 36.3 Å². The minimum atomic E-state index is -3.56. The van der Waals surface area contributed by atoms with Gasteiger partial charge >= 0.3 is 5.91 Å². The lowest BCUT2D eigenvalue weighted by atomic mass is 10.1. The Bertz CT molecular complexity index is 883. The van der Waals surface area contributed by atoms with Crippen molar-refractivity contribution < 1.29 is 22.4 Å². The topological polar surface area (TPSA) is 105 Å². The fourth-order valence-electron chi connectivity index (χ4n) is 2.95. The molecule has 0 radical (unpaired) electrons. The molecular formula is C18H20N2O5S. The van der Waals surface area contributed by atoms with Gasteiger partial charge in [-0.1, -0.05) is 31.0 Å². The molecule has 1 aliphatic carbocycles. The number of hydrogen-bond donors (Lipinski definition) is 2. The highest BCUT2D eigenvalue weighted by molar-refractivity contribution is 7.90. The van der Waals surface area contributed by atoms with Gasteiger partial charge in [0.1, 0.15) is 11.5 Å². The summed E-state index contributed by atoms with van der Waals surface area (Å²) in [7, 11) is -3.56. The maximum absolute atomic E-state index is 12.3. The van der Waals surface area contributed by atoms with Gasteiger partial charge in [-0.15, -0.1) is 0 Å². The second kappa shape index (κ2) is 7.74. The van der Waals surface area contributed by atoms with E-state index in [0.717, 1.165) is 25.7 Å². The first kappa shape index (κ1) is 18.2. The molecule has 1 aromatic heterocycles. The third-order valence-corrected chi connectivity index (χ3v) is 6.00. The largest absolute Gasteiger partial charge is 0.455 e. The van der Waals surface area contributed by atoms with Crippen molar-refractivity contribution in [1.82, 2.24) is 10.9 Å². The third kappa shape index (κ3) is 4.32. The molecule has 2 amide bonds. The van der Waals surface area contributed by atoms with Crippen LogP contribution in [0.3, 0.4) is 0 Å². The lowest BCUT2D eigenvalue weighted by Gasteiger charge is -2.10. The maximum atomic E-state index is 12.3. The average molecular weight is 376 g/mol. The van der Waals surface area contributed by atoms with Crippen molar-refractivity contribution in [3.8, 4) is 0 Å². The average Bonchev–Trinajstić information content (AvgIpc) is 3.32. The second-order valence-corrected chi connectivity index (χ2v) is 8.25. The van der Waals surface area contributed by atoms with Crippen LogP contribution in [0.4, 0.5) is 0 Å². The molecule has 2 N–H and O–H groups in total. The van der Waals surface area contributed by atoms with Crippen LogP contribution in [-0.2, 0) is 20.4 Å². The molecule has 0 saturated heterocycles. The van der Waals surface area contributed by atoms with Gasteiger partial charge in [0.05, 0.1) is 4.90 Å². The molecule has 0 unspecified atom stereocenters. The van der Waals surface area contributed by atoms with Gasteiger partial charge in [0.2, 0.25) is 5.91 Å². The Hall–Kier alpha value is -2.61. The third-order valence-electron chi connectivity index (χ3n) is 4.35. The van der Waals surface area contributed by atoms with Crippen LogP contribution in [0.5, 0.6) is 0 Å². The molecule has 0 spiro atoms. The summed E-state index contributed by atoms with van der Waals surface area (Å²) in [6.45, 7) is 0. The summed E-state index contributed by atoms with van der Waals surface area (Å²) < 4.78 is 30.0. The number of sulfone groups is 1. The van der Waals surface area contributed by atoms with Crippen LogP contribution in [0, 0.1) is 5.92 Å². The van der Waals surface area contributed by atoms with Gasteiger partial charge in [0, 0.05) is 5.92 Å². The van der Waals surface area contributed by atoms with Crippen LogP contribution in [0.15, 0.2) is 51.8 Å². The van der Waals surface area contributed by atoms with E-state index in [4.69, 9.17) is 4.42 Å². The fourth-order valence-corrected chi connectivity index (χ4v) is 4.21. The highest BCUT2D eigenvalue weighted by atomic mass is 32.2. The Morgan fingerprint density at radius 2 is 1.69 bits per heavy atom. The summed E-state index contributed by atoms with van der Waals surface area (Å²) in [6.07, 6.45) is 3.68. The zero-order valence-electron chi connectivity index (χ0n) is 14.1. The van der Waals surface area contributed by atoms with E-state index in [-0.39, 0.29) is 34.0 Å². The quantitative estimate of drug-likeness (QED) is 0.778. The standard InChI is InChI=1S/C18H20N2O5S/c21-17(13-6-4-5-7-13)19-20-18(22)16-11-10-14(25-16)12-26(23,24)15-8-2-1-3-9-15/h1-3,8-11,13H,4-7,12H2,(H,19,21)(H,20,22). The number of hydrazine groups is 1. The molecular weight excluding hydrogens is 356 g/mol. The zero-order chi connectivity index (χ0) is 18.6. The molecule has 3 rings (SSSR count). The number of benzene rings is 1. The summed E-state index contributed by atoms with van der Waals surface area (Å²) in [5, 5.41) is 0. The maximum Gasteiger partial charge on any atom is 0.305 e. The Kier molecular flexibility index (Phi) is 5.41. The lowest BCUT2D eigenvalue weighted by molar-refractivity contribution is -0.125. The van der Waals surface area contributed by atoms with E-state index >= 15 is 0 Å². The van der Waals surface area contributed by atoms with Crippen LogP contribution in [0.1, 0.15) is 42.0 Å². The molecule has 1 aromatic carbocycles. The van der Waals surface area contributed by atoms with Gasteiger partial charge in [-0.3, -0.25) is 20.4 Å². The van der Waals surface area contributed by atoms with E-state index in [1.165, 1.54) is 24.3 Å². The van der Waals surface area contributed by atoms with Gasteiger partial charge in [0.25, 0.3) is 0 Å². The van der Waals surface area contributed by atoms with E-state index in [1.807, 2.05) is 0 Å². The number of furan rings is 1. The normalized spacial score (nSPS) is 14.9. The molecule has 1 heterocycles. The van der Waals surface area contributed by atoms with Gasteiger partial charge in [-0.25, -0.2) is 8.42 Å². The number of hydrogen-bond acceptors (Lipinski definition) is 5. The van der Waals surface area contributed by atoms with E-state index in [1.54, 1.807) is 18.2 Å². The number of carbonyl (C=O) groups excluding carboxylic acids is 2. The molecule has 7 nitrogen and oxygen atoms in total. The second-order valence-electron chi connectivity index (χ2n) is 6.26. The zero-order valence-corrected chi connectivity index (χ0v) is 14.9. The van der Waals surface area contributed by atoms with Crippen LogP contribution in [0.2, 0.25) is 0 Å². The Labute approximate surface area is 151 Å². The van der Waals surface area contributed by atoms with Gasteiger partial charge in [-0.2, -0.15) is 0 Å². The summed E-state index contributed by atoms with van der Waals surface area (Å²) in [5.74, 6) is -1.16. The molecule has 138 valence electrons. The Balaban J connectivity index is 1.58. The predicted octanol–water partition coefficient (Wildman–Crippen LogP) is 2.20. The number of rotatable bonds is 5. The van der Waals surface area contributed by atoms with Crippen molar-refractivity contribution in [3.63, 3.8) is 0 Å². The Morgan fingerprint density at radius 3 is 2.38 bits per heavy atom. The molecule has 1 aliphatic rings. The first-order valence-corrected chi connectivity index (χ1v) is 10.1. The lowest BCUT2D eigenvalue weighted by Crippen LogP contribution is -2.44. The minimum Gasteiger partial charge on any atom is -0.455 e.